The number of furan rings is 1. The topological polar surface area (TPSA) is 45.5 Å². The number of nitrogens with zero attached hydrogens (tertiary/aromatic N) is 1. The van der Waals surface area contributed by atoms with Crippen molar-refractivity contribution in [2.45, 2.75) is 44.3 Å². The lowest BCUT2D eigenvalue weighted by molar-refractivity contribution is -0.149. The molecule has 3 rings (SSSR count). The van der Waals surface area contributed by atoms with E-state index in [2.05, 4.69) is 5.32 Å². The van der Waals surface area contributed by atoms with Gasteiger partial charge in [0.2, 0.25) is 5.91 Å². The zero-order chi connectivity index (χ0) is 16.4. The summed E-state index contributed by atoms with van der Waals surface area (Å²) in [5.41, 5.74) is 1.04. The summed E-state index contributed by atoms with van der Waals surface area (Å²) in [5, 5.41) is 3.05. The van der Waals surface area contributed by atoms with Crippen molar-refractivity contribution in [1.82, 2.24) is 10.2 Å². The molecule has 1 amide bonds. The first-order valence-corrected chi connectivity index (χ1v) is 8.08. The molecule has 1 unspecified atom stereocenters. The largest absolute Gasteiger partial charge is 0.469 e. The van der Waals surface area contributed by atoms with Crippen LogP contribution < -0.4 is 5.32 Å². The van der Waals surface area contributed by atoms with Gasteiger partial charge in [0.05, 0.1) is 18.8 Å². The minimum Gasteiger partial charge on any atom is -0.469 e. The van der Waals surface area contributed by atoms with Gasteiger partial charge >= 0.3 is 6.18 Å². The number of amides is 1. The van der Waals surface area contributed by atoms with E-state index in [0.717, 1.165) is 30.6 Å². The normalized spacial score (nSPS) is 23.5. The van der Waals surface area contributed by atoms with Gasteiger partial charge < -0.3 is 9.73 Å². The number of likely N-dealkylation sites (tertiary alicyclic amines) is 1. The Morgan fingerprint density at radius 2 is 2.04 bits per heavy atom. The Kier molecular flexibility index (Phi) is 4.66. The Hall–Kier alpha value is -1.50. The van der Waals surface area contributed by atoms with Gasteiger partial charge in [0.1, 0.15) is 5.76 Å². The number of fused-ring (bicyclic) bond motifs is 1. The van der Waals surface area contributed by atoms with Gasteiger partial charge in [-0.15, -0.1) is 0 Å². The molecule has 0 spiro atoms. The first kappa shape index (κ1) is 16.4. The Morgan fingerprint density at radius 1 is 1.30 bits per heavy atom. The predicted molar refractivity (Wildman–Crippen MR) is 77.7 cm³/mol. The Bertz CT molecular complexity index is 548. The average Bonchev–Trinajstić information content (AvgIpc) is 2.96. The Balaban J connectivity index is 1.51. The number of carbonyl (C=O) groups excluding carboxylic acids is 1. The lowest BCUT2D eigenvalue weighted by Gasteiger charge is -2.33. The number of carbonyl (C=O) groups is 1. The smallest absolute Gasteiger partial charge is 0.401 e. The number of aryl methyl sites for hydroxylation is 1. The second-order valence-electron chi connectivity index (χ2n) is 6.42. The lowest BCUT2D eigenvalue weighted by atomic mass is 9.91. The van der Waals surface area contributed by atoms with Gasteiger partial charge in [0.25, 0.3) is 0 Å². The number of alkyl halides is 3. The summed E-state index contributed by atoms with van der Waals surface area (Å²) in [6, 6.07) is 1.86. The molecule has 0 radical (unpaired) electrons. The predicted octanol–water partition coefficient (Wildman–Crippen LogP) is 3.05. The third-order valence-electron chi connectivity index (χ3n) is 4.73. The summed E-state index contributed by atoms with van der Waals surface area (Å²) in [7, 11) is 0. The van der Waals surface area contributed by atoms with E-state index in [1.165, 1.54) is 4.90 Å². The van der Waals surface area contributed by atoms with Gasteiger partial charge in [-0.25, -0.2) is 0 Å². The van der Waals surface area contributed by atoms with E-state index in [-0.39, 0.29) is 17.9 Å². The van der Waals surface area contributed by atoms with Crippen molar-refractivity contribution < 1.29 is 22.4 Å². The van der Waals surface area contributed by atoms with Crippen molar-refractivity contribution in [2.75, 3.05) is 19.6 Å². The molecule has 23 heavy (non-hydrogen) atoms. The zero-order valence-electron chi connectivity index (χ0n) is 12.9. The summed E-state index contributed by atoms with van der Waals surface area (Å²) in [6.45, 7) is -0.249. The average molecular weight is 330 g/mol. The van der Waals surface area contributed by atoms with Crippen LogP contribution in [0, 0.1) is 5.92 Å². The van der Waals surface area contributed by atoms with Crippen LogP contribution in [0.15, 0.2) is 16.7 Å². The number of hydrogen-bond acceptors (Lipinski definition) is 3. The molecule has 7 heteroatoms. The Morgan fingerprint density at radius 3 is 2.74 bits per heavy atom. The van der Waals surface area contributed by atoms with Crippen LogP contribution in [-0.2, 0) is 11.2 Å². The standard InChI is InChI=1S/C16H21F3N2O2/c17-16(18,19)10-21-7-4-11(5-8-21)15(22)20-13-2-1-3-14-12(13)6-9-23-14/h6,9,11,13H,1-5,7-8,10H2,(H,20,22). The first-order valence-electron chi connectivity index (χ1n) is 8.08. The molecule has 1 aromatic heterocycles. The molecule has 4 nitrogen and oxygen atoms in total. The molecule has 0 bridgehead atoms. The summed E-state index contributed by atoms with van der Waals surface area (Å²) < 4.78 is 42.6. The van der Waals surface area contributed by atoms with Gasteiger partial charge in [0.15, 0.2) is 0 Å². The second-order valence-corrected chi connectivity index (χ2v) is 6.42. The minimum absolute atomic E-state index is 0.0294. The fourth-order valence-electron chi connectivity index (χ4n) is 3.53. The van der Waals surface area contributed by atoms with Crippen LogP contribution in [-0.4, -0.2) is 36.6 Å². The quantitative estimate of drug-likeness (QED) is 0.926. The van der Waals surface area contributed by atoms with Crippen LogP contribution in [0.2, 0.25) is 0 Å². The van der Waals surface area contributed by atoms with E-state index >= 15 is 0 Å². The molecule has 1 aliphatic carbocycles. The molecule has 1 saturated heterocycles. The lowest BCUT2D eigenvalue weighted by Crippen LogP contribution is -2.44. The number of rotatable bonds is 3. The second kappa shape index (κ2) is 6.55. The van der Waals surface area contributed by atoms with E-state index in [1.54, 1.807) is 6.26 Å². The van der Waals surface area contributed by atoms with Crippen molar-refractivity contribution in [1.29, 1.82) is 0 Å². The van der Waals surface area contributed by atoms with Crippen LogP contribution in [0.1, 0.15) is 43.0 Å². The van der Waals surface area contributed by atoms with Crippen LogP contribution >= 0.6 is 0 Å². The monoisotopic (exact) mass is 330 g/mol. The van der Waals surface area contributed by atoms with E-state index in [0.29, 0.717) is 25.9 Å². The van der Waals surface area contributed by atoms with Gasteiger partial charge in [-0.3, -0.25) is 9.69 Å². The minimum atomic E-state index is -4.17. The highest BCUT2D eigenvalue weighted by Crippen LogP contribution is 2.31. The van der Waals surface area contributed by atoms with Crippen molar-refractivity contribution in [3.8, 4) is 0 Å². The third kappa shape index (κ3) is 4.07. The molecule has 2 aliphatic rings. The molecule has 1 aromatic rings. The van der Waals surface area contributed by atoms with E-state index < -0.39 is 12.7 Å². The zero-order valence-corrected chi connectivity index (χ0v) is 12.9. The number of hydrogen-bond donors (Lipinski definition) is 1. The number of halogens is 3. The van der Waals surface area contributed by atoms with Crippen LogP contribution in [0.25, 0.3) is 0 Å². The first-order chi connectivity index (χ1) is 10.9. The maximum absolute atomic E-state index is 12.4. The highest BCUT2D eigenvalue weighted by molar-refractivity contribution is 5.79. The van der Waals surface area contributed by atoms with Gasteiger partial charge in [0, 0.05) is 17.9 Å². The van der Waals surface area contributed by atoms with Gasteiger partial charge in [-0.2, -0.15) is 13.2 Å². The molecule has 1 atom stereocenters. The molecular weight excluding hydrogens is 309 g/mol. The van der Waals surface area contributed by atoms with Gasteiger partial charge in [-0.1, -0.05) is 0 Å². The van der Waals surface area contributed by atoms with Crippen molar-refractivity contribution in [3.05, 3.63) is 23.7 Å². The van der Waals surface area contributed by atoms with Crippen molar-refractivity contribution in [2.24, 2.45) is 5.92 Å². The summed E-state index contributed by atoms with van der Waals surface area (Å²) in [6.07, 6.45) is 1.17. The third-order valence-corrected chi connectivity index (χ3v) is 4.73. The molecule has 1 aliphatic heterocycles. The maximum Gasteiger partial charge on any atom is 0.401 e. The fraction of sp³-hybridized carbons (Fsp3) is 0.688. The van der Waals surface area contributed by atoms with Gasteiger partial charge in [-0.05, 0) is 44.8 Å². The summed E-state index contributed by atoms with van der Waals surface area (Å²) >= 11 is 0. The number of piperidine rings is 1. The highest BCUT2D eigenvalue weighted by Gasteiger charge is 2.34. The van der Waals surface area contributed by atoms with Crippen LogP contribution in [0.3, 0.4) is 0 Å². The maximum atomic E-state index is 12.4. The van der Waals surface area contributed by atoms with Crippen LogP contribution in [0.5, 0.6) is 0 Å². The Labute approximate surface area is 133 Å². The molecule has 0 saturated carbocycles. The molecule has 1 fully saturated rings. The summed E-state index contributed by atoms with van der Waals surface area (Å²) in [5.74, 6) is 0.689. The van der Waals surface area contributed by atoms with E-state index in [4.69, 9.17) is 4.42 Å². The molecule has 128 valence electrons. The summed E-state index contributed by atoms with van der Waals surface area (Å²) in [4.78, 5) is 13.8. The highest BCUT2D eigenvalue weighted by atomic mass is 19.4. The fourth-order valence-corrected chi connectivity index (χ4v) is 3.53. The molecule has 2 heterocycles. The van der Waals surface area contributed by atoms with E-state index in [1.807, 2.05) is 6.07 Å². The van der Waals surface area contributed by atoms with Crippen molar-refractivity contribution in [3.63, 3.8) is 0 Å². The van der Waals surface area contributed by atoms with E-state index in [9.17, 15) is 18.0 Å². The van der Waals surface area contributed by atoms with Crippen molar-refractivity contribution >= 4 is 5.91 Å². The van der Waals surface area contributed by atoms with Crippen LogP contribution in [0.4, 0.5) is 13.2 Å². The number of nitrogens with one attached hydrogen (secondary N) is 1. The molecule has 1 N–H and O–H groups in total. The molecule has 0 aromatic carbocycles. The SMILES string of the molecule is O=C(NC1CCCc2occc21)C1CCN(CC(F)(F)F)CC1. The molecular formula is C16H21F3N2O2.